The van der Waals surface area contributed by atoms with E-state index in [1.54, 1.807) is 7.11 Å². The zero-order chi connectivity index (χ0) is 20.9. The van der Waals surface area contributed by atoms with E-state index in [1.165, 1.54) is 31.4 Å². The van der Waals surface area contributed by atoms with Gasteiger partial charge in [-0.2, -0.15) is 5.26 Å². The fourth-order valence-corrected chi connectivity index (χ4v) is 5.46. The molecule has 2 aromatic heterocycles. The van der Waals surface area contributed by atoms with Gasteiger partial charge >= 0.3 is 0 Å². The molecule has 5 nitrogen and oxygen atoms in total. The molecule has 5 heteroatoms. The van der Waals surface area contributed by atoms with Crippen LogP contribution in [-0.4, -0.2) is 29.3 Å². The third-order valence-electron chi connectivity index (χ3n) is 6.96. The summed E-state index contributed by atoms with van der Waals surface area (Å²) < 4.78 is 11.5. The summed E-state index contributed by atoms with van der Waals surface area (Å²) in [5, 5.41) is 9.29. The number of unbranched alkanes of at least 4 members (excludes halogenated alkanes) is 1. The molecule has 1 aliphatic carbocycles. The van der Waals surface area contributed by atoms with Crippen molar-refractivity contribution < 1.29 is 9.47 Å². The lowest BCUT2D eigenvalue weighted by atomic mass is 9.67. The summed E-state index contributed by atoms with van der Waals surface area (Å²) in [4.78, 5) is 9.07. The zero-order valence-corrected chi connectivity index (χ0v) is 17.9. The molecule has 0 amide bonds. The van der Waals surface area contributed by atoms with Crippen LogP contribution in [0.25, 0.3) is 0 Å². The van der Waals surface area contributed by atoms with Crippen molar-refractivity contribution in [3.8, 4) is 11.9 Å². The molecule has 1 aliphatic heterocycles. The maximum absolute atomic E-state index is 9.29. The van der Waals surface area contributed by atoms with Gasteiger partial charge in [0, 0.05) is 30.1 Å². The highest BCUT2D eigenvalue weighted by molar-refractivity contribution is 5.40. The highest BCUT2D eigenvalue weighted by Crippen LogP contribution is 2.50. The van der Waals surface area contributed by atoms with Crippen LogP contribution in [0.2, 0.25) is 0 Å². The van der Waals surface area contributed by atoms with Gasteiger partial charge in [-0.25, -0.2) is 4.98 Å². The molecule has 30 heavy (non-hydrogen) atoms. The number of hydrogen-bond donors (Lipinski definition) is 0. The molecule has 3 heterocycles. The zero-order valence-electron chi connectivity index (χ0n) is 17.9. The first-order valence-corrected chi connectivity index (χ1v) is 11.2. The van der Waals surface area contributed by atoms with Crippen molar-refractivity contribution in [2.75, 3.05) is 13.7 Å². The van der Waals surface area contributed by atoms with Crippen LogP contribution in [0.1, 0.15) is 74.6 Å². The second-order valence-corrected chi connectivity index (χ2v) is 8.88. The van der Waals surface area contributed by atoms with Crippen molar-refractivity contribution in [3.63, 3.8) is 0 Å². The highest BCUT2D eigenvalue weighted by Gasteiger charge is 2.48. The molecule has 0 radical (unpaired) electrons. The van der Waals surface area contributed by atoms with Gasteiger partial charge in [-0.05, 0) is 68.7 Å². The van der Waals surface area contributed by atoms with Crippen LogP contribution in [0.15, 0.2) is 36.7 Å². The first-order chi connectivity index (χ1) is 14.7. The van der Waals surface area contributed by atoms with E-state index < -0.39 is 0 Å². The van der Waals surface area contributed by atoms with Gasteiger partial charge in [0.1, 0.15) is 11.6 Å². The summed E-state index contributed by atoms with van der Waals surface area (Å²) >= 11 is 0. The van der Waals surface area contributed by atoms with Crippen molar-refractivity contribution in [2.24, 2.45) is 0 Å². The molecule has 0 N–H and O–H groups in total. The molecule has 1 saturated carbocycles. The van der Waals surface area contributed by atoms with Crippen molar-refractivity contribution in [1.82, 2.24) is 9.97 Å². The van der Waals surface area contributed by atoms with Crippen LogP contribution < -0.4 is 4.74 Å². The van der Waals surface area contributed by atoms with Gasteiger partial charge in [-0.1, -0.05) is 25.3 Å². The lowest BCUT2D eigenvalue weighted by molar-refractivity contribution is -0.104. The number of methoxy groups -OCH3 is 1. The fraction of sp³-hybridized carbons (Fsp3) is 0.560. The van der Waals surface area contributed by atoms with Crippen molar-refractivity contribution in [1.29, 1.82) is 5.26 Å². The number of aryl methyl sites for hydroxylation is 1. The summed E-state index contributed by atoms with van der Waals surface area (Å²) in [5.74, 6) is 0.402. The molecular weight excluding hydrogens is 374 g/mol. The lowest BCUT2D eigenvalue weighted by Crippen LogP contribution is -2.46. The fourth-order valence-electron chi connectivity index (χ4n) is 5.46. The Morgan fingerprint density at radius 3 is 2.77 bits per heavy atom. The summed E-state index contributed by atoms with van der Waals surface area (Å²) in [7, 11) is 1.55. The van der Waals surface area contributed by atoms with E-state index in [1.807, 2.05) is 24.5 Å². The average Bonchev–Trinajstić information content (AvgIpc) is 3.24. The number of nitriles is 1. The summed E-state index contributed by atoms with van der Waals surface area (Å²) in [6.07, 6.45) is 15.1. The van der Waals surface area contributed by atoms with E-state index in [0.29, 0.717) is 11.4 Å². The minimum atomic E-state index is 0.0668. The quantitative estimate of drug-likeness (QED) is 0.597. The Kier molecular flexibility index (Phi) is 6.34. The normalized spacial score (nSPS) is 22.7. The molecule has 158 valence electrons. The summed E-state index contributed by atoms with van der Waals surface area (Å²) in [6.45, 7) is 0.838. The summed E-state index contributed by atoms with van der Waals surface area (Å²) in [6, 6.07) is 10.4. The molecule has 0 bridgehead atoms. The SMILES string of the molecule is COc1ncc(CCCCC2(c3ccccn3)CCOC3(CCCC3)C2)cc1C#N. The van der Waals surface area contributed by atoms with Gasteiger partial charge in [0.05, 0.1) is 12.7 Å². The number of nitrogens with zero attached hydrogens (tertiary/aromatic N) is 3. The monoisotopic (exact) mass is 405 g/mol. The number of ether oxygens (including phenoxy) is 2. The molecule has 1 saturated heterocycles. The Morgan fingerprint density at radius 1 is 1.17 bits per heavy atom. The Balaban J connectivity index is 1.44. The molecule has 1 atom stereocenters. The number of rotatable bonds is 7. The van der Waals surface area contributed by atoms with Crippen molar-refractivity contribution >= 4 is 0 Å². The Hall–Kier alpha value is -2.45. The maximum Gasteiger partial charge on any atom is 0.231 e. The molecule has 2 aromatic rings. The van der Waals surface area contributed by atoms with E-state index in [0.717, 1.165) is 50.7 Å². The number of pyridine rings is 2. The third kappa shape index (κ3) is 4.34. The third-order valence-corrected chi connectivity index (χ3v) is 6.96. The van der Waals surface area contributed by atoms with Gasteiger partial charge in [0.2, 0.25) is 5.88 Å². The van der Waals surface area contributed by atoms with Gasteiger partial charge < -0.3 is 9.47 Å². The van der Waals surface area contributed by atoms with Crippen LogP contribution >= 0.6 is 0 Å². The maximum atomic E-state index is 9.29. The molecular formula is C25H31N3O2. The van der Waals surface area contributed by atoms with Crippen LogP contribution in [0.3, 0.4) is 0 Å². The first-order valence-electron chi connectivity index (χ1n) is 11.2. The van der Waals surface area contributed by atoms with E-state index in [-0.39, 0.29) is 11.0 Å². The van der Waals surface area contributed by atoms with Crippen LogP contribution in [-0.2, 0) is 16.6 Å². The largest absolute Gasteiger partial charge is 0.480 e. The van der Waals surface area contributed by atoms with E-state index in [4.69, 9.17) is 14.5 Å². The average molecular weight is 406 g/mol. The van der Waals surface area contributed by atoms with Gasteiger partial charge in [0.25, 0.3) is 0 Å². The van der Waals surface area contributed by atoms with Crippen LogP contribution in [0.5, 0.6) is 5.88 Å². The van der Waals surface area contributed by atoms with Crippen LogP contribution in [0.4, 0.5) is 0 Å². The number of aromatic nitrogens is 2. The second kappa shape index (κ2) is 9.14. The molecule has 2 fully saturated rings. The Bertz CT molecular complexity index is 887. The second-order valence-electron chi connectivity index (χ2n) is 8.88. The Morgan fingerprint density at radius 2 is 2.03 bits per heavy atom. The predicted molar refractivity (Wildman–Crippen MR) is 115 cm³/mol. The minimum absolute atomic E-state index is 0.0668. The molecule has 4 rings (SSSR count). The highest BCUT2D eigenvalue weighted by atomic mass is 16.5. The van der Waals surface area contributed by atoms with E-state index >= 15 is 0 Å². The topological polar surface area (TPSA) is 68.0 Å². The first kappa shape index (κ1) is 20.8. The van der Waals surface area contributed by atoms with Crippen LogP contribution in [0, 0.1) is 11.3 Å². The molecule has 1 unspecified atom stereocenters. The number of hydrogen-bond acceptors (Lipinski definition) is 5. The van der Waals surface area contributed by atoms with Gasteiger partial charge in [0.15, 0.2) is 0 Å². The molecule has 1 spiro atoms. The predicted octanol–water partition coefficient (Wildman–Crippen LogP) is 5.13. The minimum Gasteiger partial charge on any atom is -0.480 e. The smallest absolute Gasteiger partial charge is 0.231 e. The standard InChI is InChI=1S/C25H31N3O2/c1-29-23-21(17-26)16-20(18-28-23)8-2-4-10-24(22-9-3-7-14-27-22)13-15-30-25(19-24)11-5-6-12-25/h3,7,9,14,16,18H,2,4-6,8,10-13,15,19H2,1H3. The lowest BCUT2D eigenvalue weighted by Gasteiger charge is -2.46. The summed E-state index contributed by atoms with van der Waals surface area (Å²) in [5.41, 5.74) is 3.01. The van der Waals surface area contributed by atoms with Gasteiger partial charge in [-0.15, -0.1) is 0 Å². The van der Waals surface area contributed by atoms with Crippen molar-refractivity contribution in [3.05, 3.63) is 53.5 Å². The Labute approximate surface area is 179 Å². The van der Waals surface area contributed by atoms with Crippen molar-refractivity contribution in [2.45, 2.75) is 75.2 Å². The molecule has 2 aliphatic rings. The molecule has 0 aromatic carbocycles. The van der Waals surface area contributed by atoms with E-state index in [2.05, 4.69) is 23.2 Å². The van der Waals surface area contributed by atoms with Gasteiger partial charge in [-0.3, -0.25) is 4.98 Å². The van der Waals surface area contributed by atoms with E-state index in [9.17, 15) is 5.26 Å².